The van der Waals surface area contributed by atoms with Gasteiger partial charge in [-0.15, -0.1) is 0 Å². The molecule has 0 aromatic heterocycles. The molecule has 2 atom stereocenters. The van der Waals surface area contributed by atoms with Crippen molar-refractivity contribution in [1.82, 2.24) is 15.1 Å². The van der Waals surface area contributed by atoms with Gasteiger partial charge in [-0.2, -0.15) is 0 Å². The normalized spacial score (nSPS) is 25.8. The smallest absolute Gasteiger partial charge is 0.0678 e. The highest BCUT2D eigenvalue weighted by Gasteiger charge is 2.21. The lowest BCUT2D eigenvalue weighted by Crippen LogP contribution is -2.47. The van der Waals surface area contributed by atoms with Crippen LogP contribution in [0.4, 0.5) is 0 Å². The van der Waals surface area contributed by atoms with E-state index in [-0.39, 0.29) is 0 Å². The second-order valence-corrected chi connectivity index (χ2v) is 5.29. The van der Waals surface area contributed by atoms with Crippen LogP contribution in [0, 0.1) is 0 Å². The fraction of sp³-hybridized carbons (Fsp3) is 1.00. The minimum Gasteiger partial charge on any atom is -0.373 e. The van der Waals surface area contributed by atoms with Crippen molar-refractivity contribution in [1.29, 1.82) is 0 Å². The quantitative estimate of drug-likeness (QED) is 0.657. The Balaban J connectivity index is 2.03. The summed E-state index contributed by atoms with van der Waals surface area (Å²) in [6.45, 7) is 17.7. The number of nitrogens with one attached hydrogen (secondary N) is 1. The van der Waals surface area contributed by atoms with Gasteiger partial charge in [0.25, 0.3) is 0 Å². The maximum Gasteiger partial charge on any atom is 0.0678 e. The highest BCUT2D eigenvalue weighted by molar-refractivity contribution is 4.73. The van der Waals surface area contributed by atoms with Gasteiger partial charge in [0.05, 0.1) is 12.2 Å². The van der Waals surface area contributed by atoms with Crippen LogP contribution in [0.15, 0.2) is 0 Å². The highest BCUT2D eigenvalue weighted by Crippen LogP contribution is 2.09. The molecule has 1 N–H and O–H groups in total. The summed E-state index contributed by atoms with van der Waals surface area (Å²) in [6, 6.07) is 0. The molecule has 1 saturated heterocycles. The number of nitrogens with zero attached hydrogens (tertiary/aromatic N) is 2. The molecular weight excluding hydrogens is 226 g/mol. The summed E-state index contributed by atoms with van der Waals surface area (Å²) in [5, 5.41) is 3.54. The van der Waals surface area contributed by atoms with E-state index in [1.165, 1.54) is 0 Å². The Morgan fingerprint density at radius 3 is 2.28 bits per heavy atom. The van der Waals surface area contributed by atoms with Crippen molar-refractivity contribution >= 4 is 0 Å². The van der Waals surface area contributed by atoms with Gasteiger partial charge in [0.15, 0.2) is 0 Å². The van der Waals surface area contributed by atoms with E-state index in [1.807, 2.05) is 0 Å². The SMILES string of the molecule is CCN(CC)CCNCCN1C[C@@H](C)O[C@@H](C)C1. The van der Waals surface area contributed by atoms with Gasteiger partial charge in [-0.05, 0) is 26.9 Å². The molecule has 0 unspecified atom stereocenters. The van der Waals surface area contributed by atoms with Crippen LogP contribution in [0.1, 0.15) is 27.7 Å². The molecule has 0 radical (unpaired) electrons. The fourth-order valence-electron chi connectivity index (χ4n) is 2.61. The van der Waals surface area contributed by atoms with Crippen molar-refractivity contribution in [3.8, 4) is 0 Å². The minimum atomic E-state index is 0.379. The molecule has 1 heterocycles. The van der Waals surface area contributed by atoms with Crippen molar-refractivity contribution in [2.45, 2.75) is 39.9 Å². The average Bonchev–Trinajstić information content (AvgIpc) is 2.32. The molecule has 1 fully saturated rings. The number of hydrogen-bond acceptors (Lipinski definition) is 4. The summed E-state index contributed by atoms with van der Waals surface area (Å²) in [5.41, 5.74) is 0. The molecule has 108 valence electrons. The van der Waals surface area contributed by atoms with E-state index in [4.69, 9.17) is 4.74 Å². The Hall–Kier alpha value is -0.160. The summed E-state index contributed by atoms with van der Waals surface area (Å²) >= 11 is 0. The zero-order valence-corrected chi connectivity index (χ0v) is 12.6. The van der Waals surface area contributed by atoms with E-state index >= 15 is 0 Å². The number of morpholine rings is 1. The lowest BCUT2D eigenvalue weighted by molar-refractivity contribution is -0.0674. The summed E-state index contributed by atoms with van der Waals surface area (Å²) in [7, 11) is 0. The molecule has 0 aromatic carbocycles. The third-order valence-electron chi connectivity index (χ3n) is 3.60. The Labute approximate surface area is 113 Å². The molecule has 0 amide bonds. The maximum absolute atomic E-state index is 5.74. The molecule has 0 saturated carbocycles. The fourth-order valence-corrected chi connectivity index (χ4v) is 2.61. The zero-order chi connectivity index (χ0) is 13.4. The van der Waals surface area contributed by atoms with Crippen LogP contribution in [-0.2, 0) is 4.74 Å². The lowest BCUT2D eigenvalue weighted by Gasteiger charge is -2.35. The predicted octanol–water partition coefficient (Wildman–Crippen LogP) is 1.03. The Morgan fingerprint density at radius 1 is 1.11 bits per heavy atom. The van der Waals surface area contributed by atoms with E-state index in [9.17, 15) is 0 Å². The van der Waals surface area contributed by atoms with Gasteiger partial charge in [0.2, 0.25) is 0 Å². The summed E-state index contributed by atoms with van der Waals surface area (Å²) in [6.07, 6.45) is 0.758. The van der Waals surface area contributed by atoms with Crippen LogP contribution in [0.2, 0.25) is 0 Å². The van der Waals surface area contributed by atoms with Gasteiger partial charge in [-0.1, -0.05) is 13.8 Å². The molecule has 4 nitrogen and oxygen atoms in total. The second kappa shape index (κ2) is 8.86. The van der Waals surface area contributed by atoms with Gasteiger partial charge in [-0.3, -0.25) is 4.90 Å². The molecule has 1 rings (SSSR count). The topological polar surface area (TPSA) is 27.7 Å². The van der Waals surface area contributed by atoms with Crippen LogP contribution < -0.4 is 5.32 Å². The van der Waals surface area contributed by atoms with E-state index in [0.29, 0.717) is 12.2 Å². The van der Waals surface area contributed by atoms with Crippen LogP contribution >= 0.6 is 0 Å². The Bertz CT molecular complexity index is 199. The Kier molecular flexibility index (Phi) is 7.82. The van der Waals surface area contributed by atoms with Crippen molar-refractivity contribution in [2.24, 2.45) is 0 Å². The first-order valence-corrected chi connectivity index (χ1v) is 7.46. The van der Waals surface area contributed by atoms with E-state index in [2.05, 4.69) is 42.8 Å². The number of hydrogen-bond donors (Lipinski definition) is 1. The van der Waals surface area contributed by atoms with Crippen molar-refractivity contribution < 1.29 is 4.74 Å². The first kappa shape index (κ1) is 15.9. The first-order valence-electron chi connectivity index (χ1n) is 7.46. The molecule has 4 heteroatoms. The number of ether oxygens (including phenoxy) is 1. The zero-order valence-electron chi connectivity index (χ0n) is 12.6. The van der Waals surface area contributed by atoms with E-state index in [0.717, 1.165) is 52.4 Å². The number of rotatable bonds is 8. The Morgan fingerprint density at radius 2 is 1.72 bits per heavy atom. The summed E-state index contributed by atoms with van der Waals surface area (Å²) in [5.74, 6) is 0. The molecule has 0 bridgehead atoms. The van der Waals surface area contributed by atoms with Crippen molar-refractivity contribution in [3.05, 3.63) is 0 Å². The van der Waals surface area contributed by atoms with Gasteiger partial charge < -0.3 is 15.0 Å². The molecule has 1 aliphatic heterocycles. The lowest BCUT2D eigenvalue weighted by atomic mass is 10.2. The van der Waals surface area contributed by atoms with Crippen LogP contribution in [0.5, 0.6) is 0 Å². The maximum atomic E-state index is 5.74. The van der Waals surface area contributed by atoms with Crippen LogP contribution in [0.3, 0.4) is 0 Å². The van der Waals surface area contributed by atoms with E-state index in [1.54, 1.807) is 0 Å². The van der Waals surface area contributed by atoms with Crippen LogP contribution in [-0.4, -0.2) is 74.4 Å². The van der Waals surface area contributed by atoms with E-state index < -0.39 is 0 Å². The molecule has 18 heavy (non-hydrogen) atoms. The van der Waals surface area contributed by atoms with Crippen LogP contribution in [0.25, 0.3) is 0 Å². The second-order valence-electron chi connectivity index (χ2n) is 5.29. The monoisotopic (exact) mass is 257 g/mol. The predicted molar refractivity (Wildman–Crippen MR) is 77.1 cm³/mol. The summed E-state index contributed by atoms with van der Waals surface area (Å²) < 4.78 is 5.74. The van der Waals surface area contributed by atoms with Gasteiger partial charge in [-0.25, -0.2) is 0 Å². The van der Waals surface area contributed by atoms with Gasteiger partial charge >= 0.3 is 0 Å². The molecule has 0 spiro atoms. The molecular formula is C14H31N3O. The largest absolute Gasteiger partial charge is 0.373 e. The molecule has 0 aromatic rings. The number of likely N-dealkylation sites (N-methyl/N-ethyl adjacent to an activating group) is 1. The average molecular weight is 257 g/mol. The molecule has 0 aliphatic carbocycles. The first-order chi connectivity index (χ1) is 8.65. The third-order valence-corrected chi connectivity index (χ3v) is 3.60. The summed E-state index contributed by atoms with van der Waals surface area (Å²) in [4.78, 5) is 4.95. The standard InChI is InChI=1S/C14H31N3O/c1-5-16(6-2)9-7-15-8-10-17-11-13(3)18-14(4)12-17/h13-15H,5-12H2,1-4H3/t13-,14+. The van der Waals surface area contributed by atoms with Gasteiger partial charge in [0.1, 0.15) is 0 Å². The molecule has 1 aliphatic rings. The minimum absolute atomic E-state index is 0.379. The van der Waals surface area contributed by atoms with Crippen molar-refractivity contribution in [3.63, 3.8) is 0 Å². The third kappa shape index (κ3) is 6.14. The van der Waals surface area contributed by atoms with Crippen molar-refractivity contribution in [2.75, 3.05) is 52.4 Å². The van der Waals surface area contributed by atoms with Gasteiger partial charge in [0, 0.05) is 39.3 Å². The highest BCUT2D eigenvalue weighted by atomic mass is 16.5.